The van der Waals surface area contributed by atoms with Crippen LogP contribution in [0.3, 0.4) is 0 Å². The van der Waals surface area contributed by atoms with Crippen LogP contribution in [0.1, 0.15) is 29.8 Å². The number of carbonyl (C=O) groups is 1. The van der Waals surface area contributed by atoms with Crippen molar-refractivity contribution in [2.45, 2.75) is 52.7 Å². The van der Waals surface area contributed by atoms with Crippen LogP contribution < -0.4 is 0 Å². The van der Waals surface area contributed by atoms with Crippen LogP contribution in [0.15, 0.2) is 24.3 Å². The normalized spacial score (nSPS) is 20.8. The third kappa shape index (κ3) is 9.83. The van der Waals surface area contributed by atoms with E-state index in [-0.39, 0.29) is 6.61 Å². The van der Waals surface area contributed by atoms with Gasteiger partial charge in [-0.15, -0.1) is 70.6 Å². The lowest BCUT2D eigenvalue weighted by molar-refractivity contribution is -0.323. The number of benzene rings is 1. The zero-order valence-corrected chi connectivity index (χ0v) is 24.1. The third-order valence-corrected chi connectivity index (χ3v) is 14.4. The molecular formula is C22H32O6S6. The van der Waals surface area contributed by atoms with Gasteiger partial charge in [-0.2, -0.15) is 0 Å². The summed E-state index contributed by atoms with van der Waals surface area (Å²) in [6.45, 7) is 3.43. The van der Waals surface area contributed by atoms with Gasteiger partial charge in [-0.25, -0.2) is 14.6 Å². The van der Waals surface area contributed by atoms with Crippen LogP contribution in [0.5, 0.6) is 0 Å². The SMILES string of the molecule is CC(O)C(OOCc1ccccc1C(=O)OC(C)C(O)SCC1SCCS1)SCC1SCCS1. The van der Waals surface area contributed by atoms with Crippen molar-refractivity contribution in [2.24, 2.45) is 0 Å². The van der Waals surface area contributed by atoms with Crippen LogP contribution in [0.2, 0.25) is 0 Å². The summed E-state index contributed by atoms with van der Waals surface area (Å²) in [7, 11) is 0. The molecule has 0 aromatic heterocycles. The van der Waals surface area contributed by atoms with E-state index in [0.717, 1.165) is 34.5 Å². The molecule has 2 heterocycles. The molecule has 0 spiro atoms. The average Bonchev–Trinajstić information content (AvgIpc) is 3.54. The number of thioether (sulfide) groups is 6. The predicted octanol–water partition coefficient (Wildman–Crippen LogP) is 4.78. The van der Waals surface area contributed by atoms with Gasteiger partial charge >= 0.3 is 5.97 Å². The number of aliphatic hydroxyl groups is 2. The minimum Gasteiger partial charge on any atom is -0.455 e. The predicted molar refractivity (Wildman–Crippen MR) is 151 cm³/mol. The Labute approximate surface area is 227 Å². The molecule has 3 rings (SSSR count). The maximum Gasteiger partial charge on any atom is 0.338 e. The fourth-order valence-corrected chi connectivity index (χ4v) is 11.5. The smallest absolute Gasteiger partial charge is 0.338 e. The molecule has 2 aliphatic heterocycles. The fraction of sp³-hybridized carbons (Fsp3) is 0.682. The lowest BCUT2D eigenvalue weighted by Gasteiger charge is -2.21. The Morgan fingerprint density at radius 1 is 1.00 bits per heavy atom. The molecule has 192 valence electrons. The standard InChI is InChI=1S/C22H32O6S6/c1-14(23)22(34-13-19-31-9-10-32-19)28-26-11-16-5-3-4-6-17(16)20(24)27-15(2)21(25)33-12-18-29-7-8-30-18/h3-6,14-15,18-19,21-23,25H,7-13H2,1-2H3. The Bertz CT molecular complexity index is 744. The molecule has 2 saturated heterocycles. The van der Waals surface area contributed by atoms with E-state index in [2.05, 4.69) is 0 Å². The zero-order chi connectivity index (χ0) is 24.3. The van der Waals surface area contributed by atoms with Gasteiger partial charge < -0.3 is 14.9 Å². The highest BCUT2D eigenvalue weighted by molar-refractivity contribution is 8.21. The van der Waals surface area contributed by atoms with Crippen molar-refractivity contribution in [1.82, 2.24) is 0 Å². The first-order valence-electron chi connectivity index (χ1n) is 11.1. The lowest BCUT2D eigenvalue weighted by atomic mass is 10.1. The van der Waals surface area contributed by atoms with Crippen molar-refractivity contribution in [2.75, 3.05) is 34.5 Å². The van der Waals surface area contributed by atoms with E-state index in [4.69, 9.17) is 14.5 Å². The van der Waals surface area contributed by atoms with E-state index < -0.39 is 29.0 Å². The van der Waals surface area contributed by atoms with E-state index in [0.29, 0.717) is 20.3 Å². The van der Waals surface area contributed by atoms with Crippen molar-refractivity contribution < 1.29 is 29.5 Å². The molecule has 0 amide bonds. The Kier molecular flexibility index (Phi) is 13.6. The van der Waals surface area contributed by atoms with Gasteiger partial charge in [0.15, 0.2) is 5.44 Å². The summed E-state index contributed by atoms with van der Waals surface area (Å²) in [5.41, 5.74) is -0.296. The number of rotatable bonds is 14. The molecule has 2 aliphatic rings. The Hall–Kier alpha value is 0.630. The monoisotopic (exact) mass is 584 g/mol. The van der Waals surface area contributed by atoms with E-state index >= 15 is 0 Å². The highest BCUT2D eigenvalue weighted by Gasteiger charge is 2.25. The van der Waals surface area contributed by atoms with E-state index in [1.807, 2.05) is 53.1 Å². The van der Waals surface area contributed by atoms with Crippen LogP contribution >= 0.6 is 70.6 Å². The van der Waals surface area contributed by atoms with Crippen LogP contribution in [-0.2, 0) is 21.1 Å². The summed E-state index contributed by atoms with van der Waals surface area (Å²) >= 11 is 10.6. The molecule has 2 N–H and O–H groups in total. The van der Waals surface area contributed by atoms with Gasteiger partial charge in [-0.1, -0.05) is 18.2 Å². The molecule has 4 atom stereocenters. The lowest BCUT2D eigenvalue weighted by Crippen LogP contribution is -2.27. The summed E-state index contributed by atoms with van der Waals surface area (Å²) in [4.78, 5) is 23.7. The van der Waals surface area contributed by atoms with Crippen molar-refractivity contribution in [1.29, 1.82) is 0 Å². The second-order valence-corrected chi connectivity index (χ2v) is 15.8. The van der Waals surface area contributed by atoms with Gasteiger partial charge in [0.1, 0.15) is 18.1 Å². The molecule has 0 radical (unpaired) electrons. The van der Waals surface area contributed by atoms with Crippen molar-refractivity contribution in [3.63, 3.8) is 0 Å². The topological polar surface area (TPSA) is 85.2 Å². The van der Waals surface area contributed by atoms with Crippen LogP contribution in [0, 0.1) is 0 Å². The summed E-state index contributed by atoms with van der Waals surface area (Å²) in [6, 6.07) is 7.03. The molecule has 0 aliphatic carbocycles. The van der Waals surface area contributed by atoms with E-state index in [1.54, 1.807) is 32.0 Å². The number of aliphatic hydroxyl groups excluding tert-OH is 2. The van der Waals surface area contributed by atoms with E-state index in [1.165, 1.54) is 23.5 Å². The molecule has 1 aromatic carbocycles. The number of esters is 1. The molecule has 6 nitrogen and oxygen atoms in total. The van der Waals surface area contributed by atoms with Gasteiger partial charge in [0.05, 0.1) is 20.8 Å². The minimum atomic E-state index is -0.780. The van der Waals surface area contributed by atoms with Crippen LogP contribution in [0.4, 0.5) is 0 Å². The Balaban J connectivity index is 1.46. The quantitative estimate of drug-likeness (QED) is 0.137. The van der Waals surface area contributed by atoms with Gasteiger partial charge in [0.2, 0.25) is 0 Å². The highest BCUT2D eigenvalue weighted by Crippen LogP contribution is 2.36. The van der Waals surface area contributed by atoms with Gasteiger partial charge in [0.25, 0.3) is 0 Å². The summed E-state index contributed by atoms with van der Waals surface area (Å²) in [5.74, 6) is 5.79. The van der Waals surface area contributed by atoms with E-state index in [9.17, 15) is 15.0 Å². The number of hydrogen-bond donors (Lipinski definition) is 2. The van der Waals surface area contributed by atoms with Gasteiger partial charge in [-0.3, -0.25) is 0 Å². The van der Waals surface area contributed by atoms with Gasteiger partial charge in [0, 0.05) is 34.5 Å². The maximum atomic E-state index is 12.8. The molecule has 2 fully saturated rings. The molecule has 0 saturated carbocycles. The Morgan fingerprint density at radius 2 is 1.59 bits per heavy atom. The number of hydrogen-bond acceptors (Lipinski definition) is 12. The summed E-state index contributed by atoms with van der Waals surface area (Å²) in [5, 5.41) is 20.5. The second kappa shape index (κ2) is 15.8. The zero-order valence-electron chi connectivity index (χ0n) is 19.2. The van der Waals surface area contributed by atoms with Crippen molar-refractivity contribution >= 4 is 76.5 Å². The largest absolute Gasteiger partial charge is 0.455 e. The number of ether oxygens (including phenoxy) is 1. The molecule has 34 heavy (non-hydrogen) atoms. The first-order chi connectivity index (χ1) is 16.4. The van der Waals surface area contributed by atoms with Crippen molar-refractivity contribution in [3.8, 4) is 0 Å². The third-order valence-electron chi connectivity index (χ3n) is 4.88. The first-order valence-corrected chi connectivity index (χ1v) is 17.4. The van der Waals surface area contributed by atoms with Crippen molar-refractivity contribution in [3.05, 3.63) is 35.4 Å². The summed E-state index contributed by atoms with van der Waals surface area (Å²) in [6.07, 6.45) is -1.33. The fourth-order valence-electron chi connectivity index (χ4n) is 3.04. The highest BCUT2D eigenvalue weighted by atomic mass is 32.2. The number of carbonyl (C=O) groups excluding carboxylic acids is 1. The van der Waals surface area contributed by atoms with Crippen LogP contribution in [0.25, 0.3) is 0 Å². The van der Waals surface area contributed by atoms with Gasteiger partial charge in [-0.05, 0) is 25.5 Å². The first kappa shape index (κ1) is 29.2. The second-order valence-electron chi connectivity index (χ2n) is 7.63. The minimum absolute atomic E-state index is 0.0454. The molecule has 4 unspecified atom stereocenters. The maximum absolute atomic E-state index is 12.8. The average molecular weight is 585 g/mol. The molecule has 12 heteroatoms. The Morgan fingerprint density at radius 3 is 2.21 bits per heavy atom. The molecular weight excluding hydrogens is 553 g/mol. The summed E-state index contributed by atoms with van der Waals surface area (Å²) < 4.78 is 6.54. The molecule has 0 bridgehead atoms. The van der Waals surface area contributed by atoms with Crippen LogP contribution in [-0.4, -0.2) is 82.9 Å². The molecule has 1 aromatic rings.